The molecule has 6 nitrogen and oxygen atoms in total. The molecule has 2 heterocycles. The summed E-state index contributed by atoms with van der Waals surface area (Å²) in [5.74, 6) is -0.474. The molecule has 0 radical (unpaired) electrons. The molecule has 0 spiro atoms. The van der Waals surface area contributed by atoms with E-state index < -0.39 is 5.91 Å². The van der Waals surface area contributed by atoms with Crippen LogP contribution in [0.5, 0.6) is 0 Å². The summed E-state index contributed by atoms with van der Waals surface area (Å²) in [4.78, 5) is 24.8. The van der Waals surface area contributed by atoms with E-state index in [4.69, 9.17) is 5.73 Å². The molecule has 0 unspecified atom stereocenters. The van der Waals surface area contributed by atoms with E-state index in [2.05, 4.69) is 50.6 Å². The second kappa shape index (κ2) is 7.07. The van der Waals surface area contributed by atoms with E-state index in [1.165, 1.54) is 12.0 Å². The number of anilines is 2. The standard InChI is InChI=1S/C21H21N5O/c1-2-15-3-5-16(6-4-15)25-9-11-26(12-10-25)19-8-7-17(21(22)27)20-18(19)13-23-14-24-20/h2-8,13-14H,1,9-12H2,(H2,22,27). The van der Waals surface area contributed by atoms with Crippen molar-refractivity contribution < 1.29 is 4.79 Å². The molecule has 136 valence electrons. The summed E-state index contributed by atoms with van der Waals surface area (Å²) < 4.78 is 0. The van der Waals surface area contributed by atoms with Crippen LogP contribution < -0.4 is 15.5 Å². The van der Waals surface area contributed by atoms with Gasteiger partial charge in [0, 0.05) is 49.1 Å². The largest absolute Gasteiger partial charge is 0.368 e. The predicted molar refractivity (Wildman–Crippen MR) is 109 cm³/mol. The summed E-state index contributed by atoms with van der Waals surface area (Å²) in [5, 5.41) is 0.859. The van der Waals surface area contributed by atoms with Gasteiger partial charge in [0.1, 0.15) is 6.33 Å². The molecule has 1 saturated heterocycles. The highest BCUT2D eigenvalue weighted by Gasteiger charge is 2.21. The Bertz CT molecular complexity index is 991. The minimum Gasteiger partial charge on any atom is -0.368 e. The van der Waals surface area contributed by atoms with Gasteiger partial charge in [-0.25, -0.2) is 9.97 Å². The number of carbonyl (C=O) groups is 1. The Hall–Kier alpha value is -3.41. The number of fused-ring (bicyclic) bond motifs is 1. The van der Waals surface area contributed by atoms with Gasteiger partial charge in [-0.1, -0.05) is 24.8 Å². The summed E-state index contributed by atoms with van der Waals surface area (Å²) in [6.45, 7) is 7.39. The molecule has 27 heavy (non-hydrogen) atoms. The number of amides is 1. The SMILES string of the molecule is C=Cc1ccc(N2CCN(c3ccc(C(N)=O)c4ncncc34)CC2)cc1. The number of hydrogen-bond donors (Lipinski definition) is 1. The highest BCUT2D eigenvalue weighted by atomic mass is 16.1. The first-order valence-electron chi connectivity index (χ1n) is 8.92. The van der Waals surface area contributed by atoms with Crippen LogP contribution >= 0.6 is 0 Å². The minimum absolute atomic E-state index is 0.428. The van der Waals surface area contributed by atoms with Crippen LogP contribution in [0.15, 0.2) is 55.5 Å². The quantitative estimate of drug-likeness (QED) is 0.775. The van der Waals surface area contributed by atoms with Crippen molar-refractivity contribution in [3.05, 3.63) is 66.6 Å². The number of piperazine rings is 1. The number of carbonyl (C=O) groups excluding carboxylic acids is 1. The van der Waals surface area contributed by atoms with E-state index in [-0.39, 0.29) is 0 Å². The summed E-state index contributed by atoms with van der Waals surface area (Å²) in [6, 6.07) is 12.1. The molecular formula is C21H21N5O. The van der Waals surface area contributed by atoms with Gasteiger partial charge in [-0.3, -0.25) is 4.79 Å². The van der Waals surface area contributed by atoms with Gasteiger partial charge < -0.3 is 15.5 Å². The van der Waals surface area contributed by atoms with Gasteiger partial charge in [-0.15, -0.1) is 0 Å². The first-order valence-corrected chi connectivity index (χ1v) is 8.92. The van der Waals surface area contributed by atoms with Gasteiger partial charge in [0.05, 0.1) is 11.1 Å². The summed E-state index contributed by atoms with van der Waals surface area (Å²) in [6.07, 6.45) is 5.05. The van der Waals surface area contributed by atoms with Crippen molar-refractivity contribution >= 4 is 34.3 Å². The van der Waals surface area contributed by atoms with Crippen LogP contribution in [0.1, 0.15) is 15.9 Å². The maximum atomic E-state index is 11.7. The first kappa shape index (κ1) is 17.0. The Kier molecular flexibility index (Phi) is 4.46. The number of benzene rings is 2. The monoisotopic (exact) mass is 359 g/mol. The van der Waals surface area contributed by atoms with Crippen LogP contribution in [0, 0.1) is 0 Å². The Morgan fingerprint density at radius 1 is 1.04 bits per heavy atom. The average molecular weight is 359 g/mol. The minimum atomic E-state index is -0.474. The molecule has 6 heteroatoms. The van der Waals surface area contributed by atoms with Crippen LogP contribution in [0.3, 0.4) is 0 Å². The molecule has 1 aliphatic heterocycles. The van der Waals surface area contributed by atoms with Crippen molar-refractivity contribution in [3.63, 3.8) is 0 Å². The summed E-state index contributed by atoms with van der Waals surface area (Å²) in [7, 11) is 0. The van der Waals surface area contributed by atoms with Gasteiger partial charge in [-0.05, 0) is 29.8 Å². The lowest BCUT2D eigenvalue weighted by Gasteiger charge is -2.37. The third-order valence-corrected chi connectivity index (χ3v) is 5.03. The van der Waals surface area contributed by atoms with Crippen LogP contribution in [-0.2, 0) is 0 Å². The van der Waals surface area contributed by atoms with Crippen molar-refractivity contribution in [3.8, 4) is 0 Å². The summed E-state index contributed by atoms with van der Waals surface area (Å²) in [5.41, 5.74) is 9.91. The molecule has 0 bridgehead atoms. The number of nitrogens with zero attached hydrogens (tertiary/aromatic N) is 4. The first-order chi connectivity index (χ1) is 13.2. The zero-order valence-electron chi connectivity index (χ0n) is 15.0. The molecule has 1 aliphatic rings. The Labute approximate surface area is 157 Å². The van der Waals surface area contributed by atoms with Crippen LogP contribution in [0.25, 0.3) is 17.0 Å². The lowest BCUT2D eigenvalue weighted by Crippen LogP contribution is -2.46. The Balaban J connectivity index is 1.57. The van der Waals surface area contributed by atoms with Gasteiger partial charge in [0.25, 0.3) is 5.91 Å². The molecule has 0 saturated carbocycles. The zero-order valence-corrected chi connectivity index (χ0v) is 15.0. The maximum absolute atomic E-state index is 11.7. The van der Waals surface area contributed by atoms with E-state index in [0.29, 0.717) is 11.1 Å². The highest BCUT2D eigenvalue weighted by Crippen LogP contribution is 2.29. The van der Waals surface area contributed by atoms with Crippen molar-refractivity contribution in [2.45, 2.75) is 0 Å². The molecule has 2 aromatic carbocycles. The van der Waals surface area contributed by atoms with E-state index in [0.717, 1.165) is 42.8 Å². The molecule has 0 atom stereocenters. The maximum Gasteiger partial charge on any atom is 0.250 e. The lowest BCUT2D eigenvalue weighted by atomic mass is 10.1. The zero-order chi connectivity index (χ0) is 18.8. The van der Waals surface area contributed by atoms with Gasteiger partial charge >= 0.3 is 0 Å². The average Bonchev–Trinajstić information content (AvgIpc) is 2.73. The van der Waals surface area contributed by atoms with Crippen LogP contribution in [-0.4, -0.2) is 42.1 Å². The molecule has 1 amide bonds. The molecule has 4 rings (SSSR count). The highest BCUT2D eigenvalue weighted by molar-refractivity contribution is 6.07. The summed E-state index contributed by atoms with van der Waals surface area (Å²) >= 11 is 0. The molecule has 3 aromatic rings. The van der Waals surface area contributed by atoms with Crippen molar-refractivity contribution in [1.82, 2.24) is 9.97 Å². The van der Waals surface area contributed by atoms with Crippen LogP contribution in [0.2, 0.25) is 0 Å². The lowest BCUT2D eigenvalue weighted by molar-refractivity contribution is 0.100. The normalized spacial score (nSPS) is 14.4. The van der Waals surface area contributed by atoms with E-state index in [1.54, 1.807) is 12.3 Å². The molecule has 1 aromatic heterocycles. The van der Waals surface area contributed by atoms with Gasteiger partial charge in [0.2, 0.25) is 0 Å². The molecule has 0 aliphatic carbocycles. The third kappa shape index (κ3) is 3.21. The number of hydrogen-bond acceptors (Lipinski definition) is 5. The van der Waals surface area contributed by atoms with Crippen molar-refractivity contribution in [2.75, 3.05) is 36.0 Å². The van der Waals surface area contributed by atoms with Crippen LogP contribution in [0.4, 0.5) is 11.4 Å². The van der Waals surface area contributed by atoms with E-state index in [1.807, 2.05) is 12.1 Å². The fourth-order valence-electron chi connectivity index (χ4n) is 3.56. The fourth-order valence-corrected chi connectivity index (χ4v) is 3.56. The predicted octanol–water partition coefficient (Wildman–Crippen LogP) is 2.70. The molecule has 1 fully saturated rings. The van der Waals surface area contributed by atoms with E-state index >= 15 is 0 Å². The third-order valence-electron chi connectivity index (χ3n) is 5.03. The van der Waals surface area contributed by atoms with Crippen molar-refractivity contribution in [2.24, 2.45) is 5.73 Å². The second-order valence-electron chi connectivity index (χ2n) is 6.55. The molecule has 2 N–H and O–H groups in total. The Morgan fingerprint density at radius 2 is 1.74 bits per heavy atom. The van der Waals surface area contributed by atoms with Crippen molar-refractivity contribution in [1.29, 1.82) is 0 Å². The fraction of sp³-hybridized carbons (Fsp3) is 0.190. The smallest absolute Gasteiger partial charge is 0.250 e. The van der Waals surface area contributed by atoms with E-state index in [9.17, 15) is 4.79 Å². The topological polar surface area (TPSA) is 75.3 Å². The number of primary amides is 1. The van der Waals surface area contributed by atoms with Gasteiger partial charge in [-0.2, -0.15) is 0 Å². The Morgan fingerprint density at radius 3 is 2.41 bits per heavy atom. The van der Waals surface area contributed by atoms with Gasteiger partial charge in [0.15, 0.2) is 0 Å². The number of aromatic nitrogens is 2. The number of rotatable bonds is 4. The number of nitrogens with two attached hydrogens (primary N) is 1. The second-order valence-corrected chi connectivity index (χ2v) is 6.55. The molecular weight excluding hydrogens is 338 g/mol.